The maximum Gasteiger partial charge on any atom is 0.251 e. The molecular weight excluding hydrogens is 368 g/mol. The molecule has 2 aromatic carbocycles. The maximum absolute atomic E-state index is 12.9. The van der Waals surface area contributed by atoms with Crippen LogP contribution < -0.4 is 14.8 Å². The lowest BCUT2D eigenvalue weighted by molar-refractivity contribution is -0.126. The normalized spacial score (nSPS) is 16.1. The second-order valence-corrected chi connectivity index (χ2v) is 6.83. The lowest BCUT2D eigenvalue weighted by Crippen LogP contribution is -2.29. The first-order chi connectivity index (χ1) is 14.1. The number of hydrogen-bond acceptors (Lipinski definition) is 4. The Morgan fingerprint density at radius 1 is 1.10 bits per heavy atom. The van der Waals surface area contributed by atoms with E-state index in [1.165, 1.54) is 0 Å². The number of amides is 2. The van der Waals surface area contributed by atoms with Crippen LogP contribution in [0.15, 0.2) is 48.5 Å². The average molecular weight is 394 g/mol. The highest BCUT2D eigenvalue weighted by Crippen LogP contribution is 2.38. The Kier molecular flexibility index (Phi) is 6.54. The predicted octanol–water partition coefficient (Wildman–Crippen LogP) is 3.44. The number of nitrogens with one attached hydrogen (secondary N) is 1. The molecule has 1 saturated heterocycles. The van der Waals surface area contributed by atoms with Crippen molar-refractivity contribution in [1.29, 1.82) is 0 Å². The average Bonchev–Trinajstić information content (AvgIpc) is 3.26. The Hall–Kier alpha value is -3.28. The Morgan fingerprint density at radius 2 is 1.86 bits per heavy atom. The van der Waals surface area contributed by atoms with Crippen molar-refractivity contribution in [1.82, 2.24) is 10.2 Å². The van der Waals surface area contributed by atoms with E-state index in [0.717, 1.165) is 35.5 Å². The first-order valence-electron chi connectivity index (χ1n) is 9.60. The number of rotatable bonds is 6. The van der Waals surface area contributed by atoms with Gasteiger partial charge in [0.25, 0.3) is 5.91 Å². The molecule has 1 atom stereocenters. The molecule has 6 heteroatoms. The number of likely N-dealkylation sites (tertiary alicyclic amines) is 1. The van der Waals surface area contributed by atoms with E-state index < -0.39 is 0 Å². The van der Waals surface area contributed by atoms with E-state index in [2.05, 4.69) is 5.32 Å². The van der Waals surface area contributed by atoms with E-state index >= 15 is 0 Å². The molecule has 0 spiro atoms. The molecule has 1 aliphatic rings. The zero-order valence-corrected chi connectivity index (χ0v) is 17.0. The Labute approximate surface area is 171 Å². The first-order valence-corrected chi connectivity index (χ1v) is 9.60. The van der Waals surface area contributed by atoms with Crippen LogP contribution in [0, 0.1) is 0 Å². The van der Waals surface area contributed by atoms with Gasteiger partial charge in [0.05, 0.1) is 20.3 Å². The van der Waals surface area contributed by atoms with Gasteiger partial charge in [-0.1, -0.05) is 12.1 Å². The minimum absolute atomic E-state index is 0.0244. The molecule has 0 aromatic heterocycles. The van der Waals surface area contributed by atoms with E-state index in [9.17, 15) is 9.59 Å². The lowest BCUT2D eigenvalue weighted by Gasteiger charge is -2.25. The number of benzene rings is 2. The van der Waals surface area contributed by atoms with Crippen LogP contribution in [0.25, 0.3) is 6.08 Å². The summed E-state index contributed by atoms with van der Waals surface area (Å²) in [6.07, 6.45) is 5.20. The topological polar surface area (TPSA) is 67.9 Å². The number of carbonyl (C=O) groups is 2. The van der Waals surface area contributed by atoms with Crippen molar-refractivity contribution in [3.05, 3.63) is 65.2 Å². The standard InChI is InChI=1S/C23H26N2O4/c1-24-23(27)17-9-6-16(7-10-17)8-13-22(26)25-14-4-5-20(25)19-12-11-18(28-2)15-21(19)29-3/h6-13,15,20H,4-5,14H2,1-3H3,(H,24,27)/b13-8+. The Bertz CT molecular complexity index is 906. The van der Waals surface area contributed by atoms with Gasteiger partial charge in [-0.25, -0.2) is 0 Å². The summed E-state index contributed by atoms with van der Waals surface area (Å²) in [5.41, 5.74) is 2.44. The zero-order valence-electron chi connectivity index (χ0n) is 17.0. The Morgan fingerprint density at radius 3 is 2.52 bits per heavy atom. The van der Waals surface area contributed by atoms with Crippen LogP contribution in [0.2, 0.25) is 0 Å². The van der Waals surface area contributed by atoms with Gasteiger partial charge < -0.3 is 19.7 Å². The summed E-state index contributed by atoms with van der Waals surface area (Å²) in [7, 11) is 4.84. The molecule has 3 rings (SSSR count). The molecule has 2 amide bonds. The molecular formula is C23H26N2O4. The molecule has 1 aliphatic heterocycles. The van der Waals surface area contributed by atoms with E-state index in [0.29, 0.717) is 12.1 Å². The monoisotopic (exact) mass is 394 g/mol. The lowest BCUT2D eigenvalue weighted by atomic mass is 10.0. The zero-order chi connectivity index (χ0) is 20.8. The summed E-state index contributed by atoms with van der Waals surface area (Å²) in [6.45, 7) is 0.707. The van der Waals surface area contributed by atoms with Gasteiger partial charge in [0.1, 0.15) is 11.5 Å². The van der Waals surface area contributed by atoms with Crippen molar-refractivity contribution < 1.29 is 19.1 Å². The highest BCUT2D eigenvalue weighted by molar-refractivity contribution is 5.95. The molecule has 6 nitrogen and oxygen atoms in total. The summed E-state index contributed by atoms with van der Waals surface area (Å²) in [5.74, 6) is 1.27. The second-order valence-electron chi connectivity index (χ2n) is 6.83. The van der Waals surface area contributed by atoms with Gasteiger partial charge in [0, 0.05) is 36.9 Å². The van der Waals surface area contributed by atoms with Crippen LogP contribution in [0.1, 0.15) is 40.4 Å². The number of hydrogen-bond donors (Lipinski definition) is 1. The SMILES string of the molecule is CNC(=O)c1ccc(/C=C/C(=O)N2CCCC2c2ccc(OC)cc2OC)cc1. The quantitative estimate of drug-likeness (QED) is 0.762. The predicted molar refractivity (Wildman–Crippen MR) is 112 cm³/mol. The molecule has 2 aromatic rings. The molecule has 152 valence electrons. The molecule has 29 heavy (non-hydrogen) atoms. The van der Waals surface area contributed by atoms with Crippen LogP contribution in [0.4, 0.5) is 0 Å². The van der Waals surface area contributed by atoms with Gasteiger partial charge in [-0.3, -0.25) is 9.59 Å². The third kappa shape index (κ3) is 4.59. The molecule has 1 fully saturated rings. The van der Waals surface area contributed by atoms with Gasteiger partial charge in [-0.05, 0) is 48.7 Å². The minimum atomic E-state index is -0.134. The third-order valence-electron chi connectivity index (χ3n) is 5.15. The van der Waals surface area contributed by atoms with Gasteiger partial charge in [-0.2, -0.15) is 0 Å². The van der Waals surface area contributed by atoms with Crippen LogP contribution in [-0.2, 0) is 4.79 Å². The highest BCUT2D eigenvalue weighted by Gasteiger charge is 2.31. The van der Waals surface area contributed by atoms with Crippen molar-refractivity contribution in [2.45, 2.75) is 18.9 Å². The van der Waals surface area contributed by atoms with Gasteiger partial charge in [0.2, 0.25) is 5.91 Å². The number of carbonyl (C=O) groups excluding carboxylic acids is 2. The first kappa shape index (κ1) is 20.5. The van der Waals surface area contributed by atoms with Crippen molar-refractivity contribution in [2.75, 3.05) is 27.8 Å². The van der Waals surface area contributed by atoms with Crippen molar-refractivity contribution >= 4 is 17.9 Å². The number of methoxy groups -OCH3 is 2. The minimum Gasteiger partial charge on any atom is -0.497 e. The van der Waals surface area contributed by atoms with Gasteiger partial charge in [-0.15, -0.1) is 0 Å². The fraction of sp³-hybridized carbons (Fsp3) is 0.304. The molecule has 0 aliphatic carbocycles. The van der Waals surface area contributed by atoms with Crippen LogP contribution >= 0.6 is 0 Å². The number of ether oxygens (including phenoxy) is 2. The van der Waals surface area contributed by atoms with Gasteiger partial charge in [0.15, 0.2) is 0 Å². The van der Waals surface area contributed by atoms with Gasteiger partial charge >= 0.3 is 0 Å². The van der Waals surface area contributed by atoms with Crippen LogP contribution in [0.5, 0.6) is 11.5 Å². The largest absolute Gasteiger partial charge is 0.497 e. The summed E-state index contributed by atoms with van der Waals surface area (Å²) in [6, 6.07) is 12.8. The third-order valence-corrected chi connectivity index (χ3v) is 5.15. The second kappa shape index (κ2) is 9.28. The van der Waals surface area contributed by atoms with Crippen LogP contribution in [0.3, 0.4) is 0 Å². The molecule has 0 saturated carbocycles. The summed E-state index contributed by atoms with van der Waals surface area (Å²) < 4.78 is 10.8. The fourth-order valence-electron chi connectivity index (χ4n) is 3.60. The molecule has 1 N–H and O–H groups in total. The summed E-state index contributed by atoms with van der Waals surface area (Å²) >= 11 is 0. The van der Waals surface area contributed by atoms with E-state index in [-0.39, 0.29) is 17.9 Å². The summed E-state index contributed by atoms with van der Waals surface area (Å²) in [4.78, 5) is 26.4. The smallest absolute Gasteiger partial charge is 0.251 e. The van der Waals surface area contributed by atoms with E-state index in [1.54, 1.807) is 45.6 Å². The van der Waals surface area contributed by atoms with Crippen molar-refractivity contribution in [2.24, 2.45) is 0 Å². The Balaban J connectivity index is 1.75. The maximum atomic E-state index is 12.9. The highest BCUT2D eigenvalue weighted by atomic mass is 16.5. The van der Waals surface area contributed by atoms with E-state index in [1.807, 2.05) is 35.2 Å². The molecule has 1 heterocycles. The molecule has 0 bridgehead atoms. The molecule has 1 unspecified atom stereocenters. The van der Waals surface area contributed by atoms with Crippen molar-refractivity contribution in [3.8, 4) is 11.5 Å². The fourth-order valence-corrected chi connectivity index (χ4v) is 3.60. The summed E-state index contributed by atoms with van der Waals surface area (Å²) in [5, 5.41) is 2.59. The number of nitrogens with zero attached hydrogens (tertiary/aromatic N) is 1. The molecule has 0 radical (unpaired) electrons. The van der Waals surface area contributed by atoms with Crippen molar-refractivity contribution in [3.63, 3.8) is 0 Å². The van der Waals surface area contributed by atoms with Crippen LogP contribution in [-0.4, -0.2) is 44.5 Å². The van der Waals surface area contributed by atoms with E-state index in [4.69, 9.17) is 9.47 Å².